The highest BCUT2D eigenvalue weighted by Gasteiger charge is 2.18. The van der Waals surface area contributed by atoms with Gasteiger partial charge in [-0.1, -0.05) is 145 Å². The lowest BCUT2D eigenvalue weighted by Gasteiger charge is -2.05. The zero-order chi connectivity index (χ0) is 30.2. The molecule has 0 bridgehead atoms. The van der Waals surface area contributed by atoms with E-state index in [2.05, 4.69) is 132 Å². The Hall–Kier alpha value is -3.65. The van der Waals surface area contributed by atoms with Crippen LogP contribution in [-0.2, 0) is 6.42 Å². The topological polar surface area (TPSA) is 25.5 Å². The lowest BCUT2D eigenvalue weighted by Crippen LogP contribution is -1.93. The van der Waals surface area contributed by atoms with E-state index in [-0.39, 0.29) is 6.04 Å². The van der Waals surface area contributed by atoms with Crippen molar-refractivity contribution < 1.29 is 4.42 Å². The van der Waals surface area contributed by atoms with Gasteiger partial charge in [0.2, 0.25) is 0 Å². The first-order valence-electron chi connectivity index (χ1n) is 15.4. The maximum absolute atomic E-state index is 6.32. The second-order valence-electron chi connectivity index (χ2n) is 10.8. The lowest BCUT2D eigenvalue weighted by atomic mass is 9.99. The number of rotatable bonds is 6. The number of para-hydroxylation sites is 2. The van der Waals surface area contributed by atoms with Gasteiger partial charge in [0.05, 0.1) is 6.04 Å². The van der Waals surface area contributed by atoms with Crippen molar-refractivity contribution in [3.63, 3.8) is 0 Å². The van der Waals surface area contributed by atoms with Gasteiger partial charge in [-0.15, -0.1) is 0 Å². The highest BCUT2D eigenvalue weighted by atomic mass is 16.3. The summed E-state index contributed by atoms with van der Waals surface area (Å²) in [6, 6.07) is 23.3. The van der Waals surface area contributed by atoms with Gasteiger partial charge in [-0.3, -0.25) is 4.99 Å². The van der Waals surface area contributed by atoms with Crippen LogP contribution in [0.1, 0.15) is 97.9 Å². The van der Waals surface area contributed by atoms with Gasteiger partial charge in [-0.25, -0.2) is 0 Å². The number of benzene rings is 3. The first-order chi connectivity index (χ1) is 19.8. The molecule has 1 aliphatic heterocycles. The largest absolute Gasteiger partial charge is 0.455 e. The van der Waals surface area contributed by atoms with Crippen molar-refractivity contribution in [2.45, 2.75) is 87.6 Å². The Morgan fingerprint density at radius 1 is 0.805 bits per heavy atom. The maximum Gasteiger partial charge on any atom is 0.141 e. The Bertz CT molecular complexity index is 1430. The zero-order valence-corrected chi connectivity index (χ0v) is 26.9. The van der Waals surface area contributed by atoms with Crippen molar-refractivity contribution in [2.24, 2.45) is 10.9 Å². The number of aliphatic imine (C=N–C) groups is 1. The molecule has 0 saturated carbocycles. The van der Waals surface area contributed by atoms with Crippen LogP contribution >= 0.6 is 0 Å². The first-order valence-corrected chi connectivity index (χ1v) is 15.4. The molecule has 2 nitrogen and oxygen atoms in total. The second kappa shape index (κ2) is 17.9. The molecule has 0 saturated heterocycles. The van der Waals surface area contributed by atoms with Crippen molar-refractivity contribution in [1.29, 1.82) is 0 Å². The minimum absolute atomic E-state index is 0.0813. The van der Waals surface area contributed by atoms with Crippen LogP contribution in [0.4, 0.5) is 0 Å². The Morgan fingerprint density at radius 2 is 1.44 bits per heavy atom. The van der Waals surface area contributed by atoms with E-state index in [0.29, 0.717) is 5.92 Å². The fourth-order valence-corrected chi connectivity index (χ4v) is 4.35. The van der Waals surface area contributed by atoms with Gasteiger partial charge in [0.1, 0.15) is 11.2 Å². The maximum atomic E-state index is 6.32. The van der Waals surface area contributed by atoms with Crippen LogP contribution in [0.5, 0.6) is 0 Å². The van der Waals surface area contributed by atoms with Crippen LogP contribution in [0, 0.1) is 5.92 Å². The summed E-state index contributed by atoms with van der Waals surface area (Å²) in [5, 5.41) is 2.40. The highest BCUT2D eigenvalue weighted by Crippen LogP contribution is 2.37. The molecule has 1 unspecified atom stereocenters. The average Bonchev–Trinajstić information content (AvgIpc) is 3.67. The number of allylic oxidation sites excluding steroid dienone is 5. The molecule has 1 atom stereocenters. The predicted octanol–water partition coefficient (Wildman–Crippen LogP) is 12.4. The summed E-state index contributed by atoms with van der Waals surface area (Å²) >= 11 is 0. The van der Waals surface area contributed by atoms with Crippen molar-refractivity contribution in [1.82, 2.24) is 0 Å². The van der Waals surface area contributed by atoms with Crippen molar-refractivity contribution >= 4 is 33.7 Å². The van der Waals surface area contributed by atoms with E-state index in [9.17, 15) is 0 Å². The molecule has 2 heteroatoms. The molecule has 0 aliphatic carbocycles. The van der Waals surface area contributed by atoms with Gasteiger partial charge < -0.3 is 4.42 Å². The molecule has 0 N–H and O–H groups in total. The molecule has 0 amide bonds. The molecular weight excluding hydrogens is 498 g/mol. The summed E-state index contributed by atoms with van der Waals surface area (Å²) in [4.78, 5) is 4.50. The van der Waals surface area contributed by atoms with Crippen LogP contribution in [0.15, 0.2) is 106 Å². The van der Waals surface area contributed by atoms with Gasteiger partial charge in [-0.05, 0) is 55.9 Å². The summed E-state index contributed by atoms with van der Waals surface area (Å²) < 4.78 is 6.32. The molecular formula is C39H51NO. The van der Waals surface area contributed by atoms with Crippen LogP contribution in [-0.4, -0.2) is 6.21 Å². The predicted molar refractivity (Wildman–Crippen MR) is 184 cm³/mol. The van der Waals surface area contributed by atoms with Crippen molar-refractivity contribution in [3.8, 4) is 0 Å². The second-order valence-corrected chi connectivity index (χ2v) is 10.8. The van der Waals surface area contributed by atoms with Gasteiger partial charge in [0, 0.05) is 22.6 Å². The Labute approximate surface area is 249 Å². The van der Waals surface area contributed by atoms with E-state index in [1.165, 1.54) is 45.9 Å². The Morgan fingerprint density at radius 3 is 2.00 bits per heavy atom. The van der Waals surface area contributed by atoms with Gasteiger partial charge in [-0.2, -0.15) is 0 Å². The number of fused-ring (bicyclic) bond motifs is 3. The number of hydrogen-bond donors (Lipinski definition) is 0. The molecule has 1 aromatic heterocycles. The molecule has 0 radical (unpaired) electrons. The van der Waals surface area contributed by atoms with Crippen LogP contribution in [0.2, 0.25) is 0 Å². The van der Waals surface area contributed by atoms with Gasteiger partial charge in [0.25, 0.3) is 0 Å². The minimum Gasteiger partial charge on any atom is -0.455 e. The van der Waals surface area contributed by atoms with E-state index < -0.39 is 0 Å². The molecule has 4 aromatic rings. The standard InChI is InChI=1S/C20H19NO.C13H16.C4H10.C2H6/c1-13(2)12-14-6-3-7-15-16-8-4-9-17(18-10-5-11-21-18)20(16)22-19(14)15;1-11(2)9-10-12(3)13-7-5-4-6-8-13;1-3-4-2;1-2/h3-11,13,18H,12H2,1-2H3;4-10H,1-3H3;3-4H2,1-2H3;1-2H3/b;12-10+;;. The van der Waals surface area contributed by atoms with E-state index in [0.717, 1.165) is 23.2 Å². The molecule has 0 fully saturated rings. The number of unbranched alkanes of at least 4 members (excludes halogenated alkanes) is 1. The number of furan rings is 1. The average molecular weight is 550 g/mol. The fraction of sp³-hybridized carbons (Fsp3) is 0.359. The molecule has 0 spiro atoms. The van der Waals surface area contributed by atoms with Crippen LogP contribution < -0.4 is 0 Å². The molecule has 3 aromatic carbocycles. The number of nitrogens with zero attached hydrogens (tertiary/aromatic N) is 1. The van der Waals surface area contributed by atoms with Crippen molar-refractivity contribution in [2.75, 3.05) is 0 Å². The molecule has 1 aliphatic rings. The third kappa shape index (κ3) is 10.0. The van der Waals surface area contributed by atoms with Gasteiger partial charge in [0.15, 0.2) is 0 Å². The summed E-state index contributed by atoms with van der Waals surface area (Å²) in [6.07, 6.45) is 13.9. The summed E-state index contributed by atoms with van der Waals surface area (Å²) in [5.41, 5.74) is 8.37. The monoisotopic (exact) mass is 549 g/mol. The van der Waals surface area contributed by atoms with Crippen LogP contribution in [0.25, 0.3) is 27.5 Å². The van der Waals surface area contributed by atoms with E-state index in [1.54, 1.807) is 0 Å². The van der Waals surface area contributed by atoms with Crippen LogP contribution in [0.3, 0.4) is 0 Å². The third-order valence-electron chi connectivity index (χ3n) is 6.61. The van der Waals surface area contributed by atoms with E-state index >= 15 is 0 Å². The van der Waals surface area contributed by atoms with Crippen molar-refractivity contribution in [3.05, 3.63) is 113 Å². The Kier molecular flexibility index (Phi) is 14.7. The first kappa shape index (κ1) is 33.6. The molecule has 5 rings (SSSR count). The minimum atomic E-state index is 0.0813. The normalized spacial score (nSPS) is 13.7. The quantitative estimate of drug-likeness (QED) is 0.220. The summed E-state index contributed by atoms with van der Waals surface area (Å²) in [6.45, 7) is 19.2. The van der Waals surface area contributed by atoms with E-state index in [4.69, 9.17) is 4.42 Å². The molecule has 2 heterocycles. The van der Waals surface area contributed by atoms with Gasteiger partial charge >= 0.3 is 0 Å². The van der Waals surface area contributed by atoms with E-state index in [1.807, 2.05) is 32.2 Å². The molecule has 41 heavy (non-hydrogen) atoms. The smallest absolute Gasteiger partial charge is 0.141 e. The molecule has 218 valence electrons. The SMILES string of the molecule is CC.CC(C)=C/C=C(\C)c1ccccc1.CC(C)Cc1cccc2c1oc1c(C3C=CC=N3)cccc12.CCCC. The third-order valence-corrected chi connectivity index (χ3v) is 6.61. The fourth-order valence-electron chi connectivity index (χ4n) is 4.35. The Balaban J connectivity index is 0.000000264. The summed E-state index contributed by atoms with van der Waals surface area (Å²) in [7, 11) is 0. The lowest BCUT2D eigenvalue weighted by molar-refractivity contribution is 0.620. The highest BCUT2D eigenvalue weighted by molar-refractivity contribution is 6.07. The zero-order valence-electron chi connectivity index (χ0n) is 26.9. The number of hydrogen-bond acceptors (Lipinski definition) is 2. The summed E-state index contributed by atoms with van der Waals surface area (Å²) in [5.74, 6) is 0.612.